The SMILES string of the molecule is O=C(NCCn1cnnc1C1CC1)c1cc(-c2ccc(Br)cc2)n[nH]1. The first-order valence-corrected chi connectivity index (χ1v) is 8.97. The van der Waals surface area contributed by atoms with Crippen molar-refractivity contribution in [2.24, 2.45) is 0 Å². The number of aromatic nitrogens is 5. The number of hydrogen-bond acceptors (Lipinski definition) is 4. The number of rotatable bonds is 6. The largest absolute Gasteiger partial charge is 0.349 e. The van der Waals surface area contributed by atoms with E-state index in [2.05, 4.69) is 41.6 Å². The minimum absolute atomic E-state index is 0.170. The van der Waals surface area contributed by atoms with Gasteiger partial charge in [-0.25, -0.2) is 0 Å². The molecular weight excluding hydrogens is 384 g/mol. The summed E-state index contributed by atoms with van der Waals surface area (Å²) in [5, 5.41) is 18.0. The second-order valence-corrected chi connectivity index (χ2v) is 7.00. The topological polar surface area (TPSA) is 88.5 Å². The number of hydrogen-bond donors (Lipinski definition) is 2. The minimum atomic E-state index is -0.170. The molecule has 1 aliphatic carbocycles. The van der Waals surface area contributed by atoms with Crippen molar-refractivity contribution in [3.05, 3.63) is 52.7 Å². The van der Waals surface area contributed by atoms with Crippen LogP contribution >= 0.6 is 15.9 Å². The molecule has 0 saturated heterocycles. The molecule has 0 atom stereocenters. The molecular formula is C17H17BrN6O. The first-order chi connectivity index (χ1) is 12.2. The fraction of sp³-hybridized carbons (Fsp3) is 0.294. The number of carbonyl (C=O) groups excluding carboxylic acids is 1. The molecule has 0 unspecified atom stereocenters. The Labute approximate surface area is 153 Å². The number of nitrogens with one attached hydrogen (secondary N) is 2. The summed E-state index contributed by atoms with van der Waals surface area (Å²) >= 11 is 3.41. The van der Waals surface area contributed by atoms with Crippen molar-refractivity contribution < 1.29 is 4.79 Å². The maximum absolute atomic E-state index is 12.3. The molecule has 1 amide bonds. The normalized spacial score (nSPS) is 13.8. The number of nitrogens with zero attached hydrogens (tertiary/aromatic N) is 4. The zero-order valence-electron chi connectivity index (χ0n) is 13.4. The first kappa shape index (κ1) is 16.0. The van der Waals surface area contributed by atoms with Crippen LogP contribution in [0.4, 0.5) is 0 Å². The van der Waals surface area contributed by atoms with E-state index in [4.69, 9.17) is 0 Å². The van der Waals surface area contributed by atoms with Gasteiger partial charge in [-0.1, -0.05) is 28.1 Å². The van der Waals surface area contributed by atoms with Gasteiger partial charge in [0.1, 0.15) is 17.8 Å². The number of carbonyl (C=O) groups is 1. The minimum Gasteiger partial charge on any atom is -0.349 e. The van der Waals surface area contributed by atoms with Crippen molar-refractivity contribution in [2.45, 2.75) is 25.3 Å². The predicted octanol–water partition coefficient (Wildman–Crippen LogP) is 2.74. The average molecular weight is 401 g/mol. The van der Waals surface area contributed by atoms with Gasteiger partial charge in [0.2, 0.25) is 0 Å². The van der Waals surface area contributed by atoms with Gasteiger partial charge in [0.15, 0.2) is 0 Å². The van der Waals surface area contributed by atoms with Crippen molar-refractivity contribution in [3.63, 3.8) is 0 Å². The van der Waals surface area contributed by atoms with Crippen LogP contribution in [0.2, 0.25) is 0 Å². The van der Waals surface area contributed by atoms with Crippen molar-refractivity contribution >= 4 is 21.8 Å². The van der Waals surface area contributed by atoms with Crippen LogP contribution < -0.4 is 5.32 Å². The lowest BCUT2D eigenvalue weighted by Crippen LogP contribution is -2.27. The molecule has 2 N–H and O–H groups in total. The van der Waals surface area contributed by atoms with Crippen molar-refractivity contribution in [2.75, 3.05) is 6.54 Å². The standard InChI is InChI=1S/C17H17BrN6O/c18-13-5-3-11(4-6-13)14-9-15(22-21-14)17(25)19-7-8-24-10-20-23-16(24)12-1-2-12/h3-6,9-10,12H,1-2,7-8H2,(H,19,25)(H,21,22). The first-order valence-electron chi connectivity index (χ1n) is 8.18. The van der Waals surface area contributed by atoms with Gasteiger partial charge >= 0.3 is 0 Å². The van der Waals surface area contributed by atoms with Gasteiger partial charge in [0, 0.05) is 29.0 Å². The lowest BCUT2D eigenvalue weighted by molar-refractivity contribution is 0.0947. The number of amides is 1. The maximum atomic E-state index is 12.3. The Morgan fingerprint density at radius 2 is 2.12 bits per heavy atom. The lowest BCUT2D eigenvalue weighted by Gasteiger charge is -2.06. The summed E-state index contributed by atoms with van der Waals surface area (Å²) in [5.74, 6) is 1.39. The van der Waals surface area contributed by atoms with E-state index in [0.717, 1.165) is 21.6 Å². The Morgan fingerprint density at radius 3 is 2.88 bits per heavy atom. The van der Waals surface area contributed by atoms with E-state index in [1.807, 2.05) is 28.8 Å². The molecule has 4 rings (SSSR count). The fourth-order valence-electron chi connectivity index (χ4n) is 2.69. The molecule has 1 aliphatic rings. The fourth-order valence-corrected chi connectivity index (χ4v) is 2.95. The van der Waals surface area contributed by atoms with Crippen LogP contribution in [0.25, 0.3) is 11.3 Å². The van der Waals surface area contributed by atoms with E-state index in [-0.39, 0.29) is 5.91 Å². The zero-order chi connectivity index (χ0) is 17.2. The third kappa shape index (κ3) is 3.63. The van der Waals surface area contributed by atoms with Gasteiger partial charge in [-0.3, -0.25) is 9.89 Å². The molecule has 2 aromatic heterocycles. The van der Waals surface area contributed by atoms with Crippen LogP contribution in [0.5, 0.6) is 0 Å². The second-order valence-electron chi connectivity index (χ2n) is 6.09. The molecule has 25 heavy (non-hydrogen) atoms. The molecule has 0 bridgehead atoms. The molecule has 3 aromatic rings. The van der Waals surface area contributed by atoms with Gasteiger partial charge in [0.05, 0.1) is 5.69 Å². The molecule has 0 aliphatic heterocycles. The molecule has 2 heterocycles. The van der Waals surface area contributed by atoms with Gasteiger partial charge in [-0.05, 0) is 31.0 Å². The van der Waals surface area contributed by atoms with Crippen LogP contribution in [0.15, 0.2) is 41.1 Å². The van der Waals surface area contributed by atoms with Crippen LogP contribution in [-0.2, 0) is 6.54 Å². The highest BCUT2D eigenvalue weighted by Crippen LogP contribution is 2.38. The Kier molecular flexibility index (Phi) is 4.35. The van der Waals surface area contributed by atoms with E-state index >= 15 is 0 Å². The molecule has 1 fully saturated rings. The summed E-state index contributed by atoms with van der Waals surface area (Å²) in [6, 6.07) is 9.55. The van der Waals surface area contributed by atoms with E-state index in [1.54, 1.807) is 12.4 Å². The molecule has 1 aromatic carbocycles. The molecule has 0 radical (unpaired) electrons. The summed E-state index contributed by atoms with van der Waals surface area (Å²) in [6.45, 7) is 1.18. The van der Waals surface area contributed by atoms with E-state index in [0.29, 0.717) is 24.7 Å². The zero-order valence-corrected chi connectivity index (χ0v) is 15.0. The Bertz CT molecular complexity index is 881. The smallest absolute Gasteiger partial charge is 0.269 e. The molecule has 128 valence electrons. The third-order valence-corrected chi connectivity index (χ3v) is 4.72. The highest BCUT2D eigenvalue weighted by atomic mass is 79.9. The van der Waals surface area contributed by atoms with Crippen molar-refractivity contribution in [1.29, 1.82) is 0 Å². The van der Waals surface area contributed by atoms with Crippen molar-refractivity contribution in [3.8, 4) is 11.3 Å². The molecule has 1 saturated carbocycles. The number of H-pyrrole nitrogens is 1. The second kappa shape index (κ2) is 6.79. The number of halogens is 1. The van der Waals surface area contributed by atoms with Gasteiger partial charge in [-0.2, -0.15) is 5.10 Å². The van der Waals surface area contributed by atoms with Crippen LogP contribution in [0, 0.1) is 0 Å². The van der Waals surface area contributed by atoms with Gasteiger partial charge in [0.25, 0.3) is 5.91 Å². The van der Waals surface area contributed by atoms with E-state index in [1.165, 1.54) is 12.8 Å². The molecule has 8 heteroatoms. The monoisotopic (exact) mass is 400 g/mol. The van der Waals surface area contributed by atoms with Crippen LogP contribution in [-0.4, -0.2) is 37.4 Å². The lowest BCUT2D eigenvalue weighted by atomic mass is 10.1. The molecule has 7 nitrogen and oxygen atoms in total. The van der Waals surface area contributed by atoms with Gasteiger partial charge < -0.3 is 9.88 Å². The van der Waals surface area contributed by atoms with Crippen LogP contribution in [0.3, 0.4) is 0 Å². The third-order valence-electron chi connectivity index (χ3n) is 4.19. The van der Waals surface area contributed by atoms with E-state index in [9.17, 15) is 4.79 Å². The Hall–Kier alpha value is -2.48. The van der Waals surface area contributed by atoms with Crippen molar-refractivity contribution in [1.82, 2.24) is 30.3 Å². The molecule has 0 spiro atoms. The summed E-state index contributed by atoms with van der Waals surface area (Å²) in [6.07, 6.45) is 4.08. The van der Waals surface area contributed by atoms with Crippen LogP contribution in [0.1, 0.15) is 35.1 Å². The Morgan fingerprint density at radius 1 is 1.32 bits per heavy atom. The van der Waals surface area contributed by atoms with Gasteiger partial charge in [-0.15, -0.1) is 10.2 Å². The summed E-state index contributed by atoms with van der Waals surface area (Å²) in [4.78, 5) is 12.3. The van der Waals surface area contributed by atoms with E-state index < -0.39 is 0 Å². The predicted molar refractivity (Wildman–Crippen MR) is 96.1 cm³/mol. The quantitative estimate of drug-likeness (QED) is 0.665. The maximum Gasteiger partial charge on any atom is 0.269 e. The Balaban J connectivity index is 1.35. The number of aromatic amines is 1. The summed E-state index contributed by atoms with van der Waals surface area (Å²) < 4.78 is 3.02. The highest BCUT2D eigenvalue weighted by molar-refractivity contribution is 9.10. The summed E-state index contributed by atoms with van der Waals surface area (Å²) in [7, 11) is 0. The highest BCUT2D eigenvalue weighted by Gasteiger charge is 2.28. The summed E-state index contributed by atoms with van der Waals surface area (Å²) in [5.41, 5.74) is 2.15. The average Bonchev–Trinajstić information content (AvgIpc) is 3.15. The number of benzene rings is 1.